The van der Waals surface area contributed by atoms with Crippen molar-refractivity contribution in [2.24, 2.45) is 0 Å². The number of carbonyl (C=O) groups excluding carboxylic acids is 1. The van der Waals surface area contributed by atoms with Crippen molar-refractivity contribution in [3.8, 4) is 10.6 Å². The third-order valence-electron chi connectivity index (χ3n) is 4.60. The predicted octanol–water partition coefficient (Wildman–Crippen LogP) is 3.46. The van der Waals surface area contributed by atoms with Crippen LogP contribution in [0.4, 0.5) is 4.39 Å². The van der Waals surface area contributed by atoms with Gasteiger partial charge in [0.2, 0.25) is 0 Å². The third kappa shape index (κ3) is 3.71. The Labute approximate surface area is 160 Å². The number of hydrogen-bond donors (Lipinski definition) is 0. The molecule has 1 saturated heterocycles. The van der Waals surface area contributed by atoms with Gasteiger partial charge >= 0.3 is 0 Å². The largest absolute Gasteiger partial charge is 0.337 e. The maximum Gasteiger partial charge on any atom is 0.274 e. The van der Waals surface area contributed by atoms with E-state index in [1.165, 1.54) is 23.6 Å². The highest BCUT2D eigenvalue weighted by Crippen LogP contribution is 2.33. The molecule has 1 fully saturated rings. The number of nitrogens with zero attached hydrogens (tertiary/aromatic N) is 5. The molecule has 0 unspecified atom stereocenters. The first-order valence-corrected chi connectivity index (χ1v) is 9.59. The van der Waals surface area contributed by atoms with E-state index in [4.69, 9.17) is 0 Å². The first-order chi connectivity index (χ1) is 13.1. The molecule has 6 nitrogen and oxygen atoms in total. The molecule has 0 radical (unpaired) electrons. The monoisotopic (exact) mass is 383 g/mol. The summed E-state index contributed by atoms with van der Waals surface area (Å²) in [6.07, 6.45) is 4.92. The van der Waals surface area contributed by atoms with Gasteiger partial charge in [-0.25, -0.2) is 9.37 Å². The maximum absolute atomic E-state index is 14.0. The average Bonchev–Trinajstić information content (AvgIpc) is 3.18. The van der Waals surface area contributed by atoms with Gasteiger partial charge in [-0.3, -0.25) is 9.78 Å². The fourth-order valence-corrected chi connectivity index (χ4v) is 4.17. The van der Waals surface area contributed by atoms with Crippen LogP contribution < -0.4 is 0 Å². The molecule has 2 aromatic heterocycles. The van der Waals surface area contributed by atoms with Gasteiger partial charge < -0.3 is 4.90 Å². The lowest BCUT2D eigenvalue weighted by Crippen LogP contribution is -2.39. The van der Waals surface area contributed by atoms with Crippen LogP contribution >= 0.6 is 11.3 Å². The van der Waals surface area contributed by atoms with E-state index in [1.54, 1.807) is 29.3 Å². The second-order valence-corrected chi connectivity index (χ2v) is 7.57. The molecule has 0 aliphatic carbocycles. The van der Waals surface area contributed by atoms with E-state index in [1.807, 2.05) is 6.92 Å². The molecule has 4 rings (SSSR count). The van der Waals surface area contributed by atoms with Gasteiger partial charge in [0.15, 0.2) is 5.01 Å². The summed E-state index contributed by atoms with van der Waals surface area (Å²) in [6, 6.07) is 6.55. The number of aromatic nitrogens is 4. The summed E-state index contributed by atoms with van der Waals surface area (Å²) < 4.78 is 14.0. The molecule has 27 heavy (non-hydrogen) atoms. The fourth-order valence-electron chi connectivity index (χ4n) is 3.17. The van der Waals surface area contributed by atoms with Gasteiger partial charge in [0.25, 0.3) is 5.91 Å². The molecule has 138 valence electrons. The van der Waals surface area contributed by atoms with Crippen LogP contribution in [0.3, 0.4) is 0 Å². The second-order valence-electron chi connectivity index (χ2n) is 6.56. The van der Waals surface area contributed by atoms with Crippen LogP contribution in [0, 0.1) is 12.7 Å². The van der Waals surface area contributed by atoms with Gasteiger partial charge in [-0.15, -0.1) is 10.2 Å². The van der Waals surface area contributed by atoms with E-state index in [2.05, 4.69) is 20.2 Å². The Balaban J connectivity index is 1.51. The highest BCUT2D eigenvalue weighted by molar-refractivity contribution is 7.14. The Kier molecular flexibility index (Phi) is 4.89. The Morgan fingerprint density at radius 2 is 2.07 bits per heavy atom. The van der Waals surface area contributed by atoms with Crippen LogP contribution in [0.1, 0.15) is 39.9 Å². The summed E-state index contributed by atoms with van der Waals surface area (Å²) >= 11 is 1.39. The molecule has 1 amide bonds. The lowest BCUT2D eigenvalue weighted by atomic mass is 9.98. The molecule has 0 bridgehead atoms. The SMILES string of the molecule is Cc1cnc(C(=O)N2CCC[C@@H](c3nnc(-c4ccccc4F)s3)C2)cn1. The van der Waals surface area contributed by atoms with Crippen molar-refractivity contribution in [3.05, 3.63) is 58.9 Å². The predicted molar refractivity (Wildman–Crippen MR) is 100.0 cm³/mol. The van der Waals surface area contributed by atoms with Crippen molar-refractivity contribution in [2.45, 2.75) is 25.7 Å². The maximum atomic E-state index is 14.0. The van der Waals surface area contributed by atoms with Crippen molar-refractivity contribution in [3.63, 3.8) is 0 Å². The minimum Gasteiger partial charge on any atom is -0.337 e. The standard InChI is InChI=1S/C19H18FN5OS/c1-12-9-22-16(10-21-12)19(26)25-8-4-5-13(11-25)17-23-24-18(27-17)14-6-2-3-7-15(14)20/h2-3,6-7,9-10,13H,4-5,8,11H2,1H3/t13-/m1/s1. The molecular weight excluding hydrogens is 365 g/mol. The van der Waals surface area contributed by atoms with Crippen LogP contribution in [-0.2, 0) is 0 Å². The molecule has 0 spiro atoms. The summed E-state index contributed by atoms with van der Waals surface area (Å²) in [6.45, 7) is 3.07. The zero-order valence-corrected chi connectivity index (χ0v) is 15.6. The molecule has 1 aromatic carbocycles. The number of piperidine rings is 1. The van der Waals surface area contributed by atoms with Gasteiger partial charge in [-0.2, -0.15) is 0 Å². The number of rotatable bonds is 3. The fraction of sp³-hybridized carbons (Fsp3) is 0.316. The second kappa shape index (κ2) is 7.48. The quantitative estimate of drug-likeness (QED) is 0.693. The number of aryl methyl sites for hydroxylation is 1. The van der Waals surface area contributed by atoms with E-state index in [0.717, 1.165) is 23.5 Å². The molecule has 1 atom stereocenters. The van der Waals surface area contributed by atoms with E-state index in [9.17, 15) is 9.18 Å². The van der Waals surface area contributed by atoms with Gasteiger partial charge in [-0.05, 0) is 31.9 Å². The van der Waals surface area contributed by atoms with Crippen molar-refractivity contribution in [2.75, 3.05) is 13.1 Å². The minimum absolute atomic E-state index is 0.0964. The topological polar surface area (TPSA) is 71.9 Å². The number of carbonyl (C=O) groups is 1. The van der Waals surface area contributed by atoms with Gasteiger partial charge in [0.1, 0.15) is 16.5 Å². The van der Waals surface area contributed by atoms with E-state index in [-0.39, 0.29) is 17.6 Å². The summed E-state index contributed by atoms with van der Waals surface area (Å²) in [5.74, 6) is -0.330. The molecule has 3 heterocycles. The zero-order chi connectivity index (χ0) is 18.8. The molecule has 8 heteroatoms. The Bertz CT molecular complexity index is 959. The average molecular weight is 383 g/mol. The number of amides is 1. The Morgan fingerprint density at radius 1 is 1.22 bits per heavy atom. The molecule has 3 aromatic rings. The molecule has 1 aliphatic heterocycles. The Hall–Kier alpha value is -2.74. The van der Waals surface area contributed by atoms with E-state index in [0.29, 0.717) is 29.4 Å². The smallest absolute Gasteiger partial charge is 0.274 e. The van der Waals surface area contributed by atoms with Crippen LogP contribution in [-0.4, -0.2) is 44.1 Å². The van der Waals surface area contributed by atoms with E-state index >= 15 is 0 Å². The van der Waals surface area contributed by atoms with Gasteiger partial charge in [0.05, 0.1) is 11.9 Å². The molecule has 0 N–H and O–H groups in total. The highest BCUT2D eigenvalue weighted by atomic mass is 32.1. The summed E-state index contributed by atoms with van der Waals surface area (Å²) in [5.41, 5.74) is 1.59. The summed E-state index contributed by atoms with van der Waals surface area (Å²) in [4.78, 5) is 22.8. The Morgan fingerprint density at radius 3 is 2.85 bits per heavy atom. The zero-order valence-electron chi connectivity index (χ0n) is 14.8. The first-order valence-electron chi connectivity index (χ1n) is 8.78. The number of halogens is 1. The molecule has 1 aliphatic rings. The van der Waals surface area contributed by atoms with Crippen molar-refractivity contribution < 1.29 is 9.18 Å². The van der Waals surface area contributed by atoms with Crippen LogP contribution in [0.2, 0.25) is 0 Å². The molecule has 0 saturated carbocycles. The van der Waals surface area contributed by atoms with Crippen molar-refractivity contribution in [1.82, 2.24) is 25.1 Å². The van der Waals surface area contributed by atoms with Crippen LogP contribution in [0.5, 0.6) is 0 Å². The summed E-state index contributed by atoms with van der Waals surface area (Å²) in [7, 11) is 0. The van der Waals surface area contributed by atoms with Crippen molar-refractivity contribution in [1.29, 1.82) is 0 Å². The third-order valence-corrected chi connectivity index (χ3v) is 5.72. The minimum atomic E-state index is -0.307. The normalized spacial score (nSPS) is 17.1. The number of benzene rings is 1. The lowest BCUT2D eigenvalue weighted by Gasteiger charge is -2.31. The van der Waals surface area contributed by atoms with Gasteiger partial charge in [-0.1, -0.05) is 23.5 Å². The highest BCUT2D eigenvalue weighted by Gasteiger charge is 2.28. The summed E-state index contributed by atoms with van der Waals surface area (Å²) in [5, 5.41) is 9.83. The van der Waals surface area contributed by atoms with Crippen LogP contribution in [0.25, 0.3) is 10.6 Å². The van der Waals surface area contributed by atoms with Gasteiger partial charge in [0, 0.05) is 30.8 Å². The number of hydrogen-bond acceptors (Lipinski definition) is 6. The number of likely N-dealkylation sites (tertiary alicyclic amines) is 1. The van der Waals surface area contributed by atoms with Crippen LogP contribution in [0.15, 0.2) is 36.7 Å². The van der Waals surface area contributed by atoms with Crippen molar-refractivity contribution >= 4 is 17.2 Å². The first kappa shape index (κ1) is 17.7. The van der Waals surface area contributed by atoms with E-state index < -0.39 is 0 Å². The molecular formula is C19H18FN5OS. The lowest BCUT2D eigenvalue weighted by molar-refractivity contribution is 0.0700.